The van der Waals surface area contributed by atoms with Gasteiger partial charge in [-0.1, -0.05) is 41.0 Å². The molecule has 16 heavy (non-hydrogen) atoms. The van der Waals surface area contributed by atoms with E-state index in [2.05, 4.69) is 5.16 Å². The first kappa shape index (κ1) is 9.43. The van der Waals surface area contributed by atoms with Gasteiger partial charge in [0.05, 0.1) is 0 Å². The topological polar surface area (TPSA) is 26.0 Å². The number of hydrogen-bond donors (Lipinski definition) is 0. The Balaban J connectivity index is 2.26. The SMILES string of the molecule is Clc1cccc(-c2onc3ccccc23)c1. The monoisotopic (exact) mass is 229 g/mol. The molecule has 3 heteroatoms. The van der Waals surface area contributed by atoms with E-state index >= 15 is 0 Å². The van der Waals surface area contributed by atoms with Gasteiger partial charge < -0.3 is 4.52 Å². The average Bonchev–Trinajstić information content (AvgIpc) is 2.72. The summed E-state index contributed by atoms with van der Waals surface area (Å²) in [4.78, 5) is 0. The molecule has 0 amide bonds. The van der Waals surface area contributed by atoms with Crippen LogP contribution in [0.4, 0.5) is 0 Å². The van der Waals surface area contributed by atoms with Crippen molar-refractivity contribution in [3.05, 3.63) is 53.6 Å². The van der Waals surface area contributed by atoms with Crippen LogP contribution >= 0.6 is 11.6 Å². The highest BCUT2D eigenvalue weighted by Crippen LogP contribution is 2.29. The molecule has 1 heterocycles. The summed E-state index contributed by atoms with van der Waals surface area (Å²) in [5, 5.41) is 5.70. The van der Waals surface area contributed by atoms with E-state index in [0.717, 1.165) is 22.2 Å². The predicted molar refractivity (Wildman–Crippen MR) is 64.5 cm³/mol. The lowest BCUT2D eigenvalue weighted by atomic mass is 10.1. The van der Waals surface area contributed by atoms with Crippen molar-refractivity contribution in [2.24, 2.45) is 0 Å². The normalized spacial score (nSPS) is 10.8. The number of aromatic nitrogens is 1. The van der Waals surface area contributed by atoms with E-state index in [1.807, 2.05) is 48.5 Å². The molecule has 0 radical (unpaired) electrons. The van der Waals surface area contributed by atoms with Gasteiger partial charge >= 0.3 is 0 Å². The smallest absolute Gasteiger partial charge is 0.174 e. The third kappa shape index (κ3) is 1.48. The minimum atomic E-state index is 0.693. The molecule has 3 aromatic rings. The van der Waals surface area contributed by atoms with E-state index in [4.69, 9.17) is 16.1 Å². The minimum absolute atomic E-state index is 0.693. The molecule has 0 saturated carbocycles. The Hall–Kier alpha value is -1.80. The predicted octanol–water partition coefficient (Wildman–Crippen LogP) is 4.15. The van der Waals surface area contributed by atoms with Crippen molar-refractivity contribution >= 4 is 22.5 Å². The fraction of sp³-hybridized carbons (Fsp3) is 0. The second-order valence-corrected chi connectivity index (χ2v) is 3.98. The van der Waals surface area contributed by atoms with Gasteiger partial charge in [-0.2, -0.15) is 0 Å². The van der Waals surface area contributed by atoms with Crippen LogP contribution in [0.1, 0.15) is 0 Å². The van der Waals surface area contributed by atoms with E-state index in [1.54, 1.807) is 0 Å². The van der Waals surface area contributed by atoms with Gasteiger partial charge in [0, 0.05) is 16.0 Å². The second-order valence-electron chi connectivity index (χ2n) is 3.54. The van der Waals surface area contributed by atoms with Crippen molar-refractivity contribution in [3.63, 3.8) is 0 Å². The summed E-state index contributed by atoms with van der Waals surface area (Å²) in [6.45, 7) is 0. The Bertz CT molecular complexity index is 645. The number of halogens is 1. The van der Waals surface area contributed by atoms with Crippen LogP contribution in [0.5, 0.6) is 0 Å². The molecule has 1 aromatic heterocycles. The molecule has 0 unspecified atom stereocenters. The molecule has 0 saturated heterocycles. The van der Waals surface area contributed by atoms with Gasteiger partial charge in [-0.25, -0.2) is 0 Å². The van der Waals surface area contributed by atoms with E-state index in [1.165, 1.54) is 0 Å². The van der Waals surface area contributed by atoms with Crippen LogP contribution in [-0.4, -0.2) is 5.16 Å². The highest BCUT2D eigenvalue weighted by molar-refractivity contribution is 6.30. The van der Waals surface area contributed by atoms with Crippen LogP contribution in [0.2, 0.25) is 5.02 Å². The summed E-state index contributed by atoms with van der Waals surface area (Å²) in [6.07, 6.45) is 0. The Kier molecular flexibility index (Phi) is 2.15. The van der Waals surface area contributed by atoms with Gasteiger partial charge in [0.1, 0.15) is 5.52 Å². The molecule has 0 aliphatic carbocycles. The molecule has 78 valence electrons. The maximum absolute atomic E-state index is 5.95. The quantitative estimate of drug-likeness (QED) is 0.627. The van der Waals surface area contributed by atoms with Gasteiger partial charge in [-0.15, -0.1) is 0 Å². The number of benzene rings is 2. The summed E-state index contributed by atoms with van der Waals surface area (Å²) in [6, 6.07) is 15.4. The molecule has 3 rings (SSSR count). The number of nitrogens with zero attached hydrogens (tertiary/aromatic N) is 1. The van der Waals surface area contributed by atoms with Crippen LogP contribution in [0.3, 0.4) is 0 Å². The van der Waals surface area contributed by atoms with Gasteiger partial charge in [0.2, 0.25) is 0 Å². The molecule has 2 nitrogen and oxygen atoms in total. The fourth-order valence-electron chi connectivity index (χ4n) is 1.73. The molecule has 0 aliphatic heterocycles. The van der Waals surface area contributed by atoms with Crippen molar-refractivity contribution in [1.82, 2.24) is 5.16 Å². The van der Waals surface area contributed by atoms with Crippen molar-refractivity contribution in [2.45, 2.75) is 0 Å². The zero-order valence-corrected chi connectivity index (χ0v) is 9.11. The van der Waals surface area contributed by atoms with Crippen molar-refractivity contribution in [3.8, 4) is 11.3 Å². The summed E-state index contributed by atoms with van der Waals surface area (Å²) >= 11 is 5.95. The standard InChI is InChI=1S/C13H8ClNO/c14-10-5-3-4-9(8-10)13-11-6-1-2-7-12(11)15-16-13/h1-8H. The largest absolute Gasteiger partial charge is 0.355 e. The highest BCUT2D eigenvalue weighted by atomic mass is 35.5. The Morgan fingerprint density at radius 2 is 1.88 bits per heavy atom. The third-order valence-electron chi connectivity index (χ3n) is 2.47. The highest BCUT2D eigenvalue weighted by Gasteiger charge is 2.09. The van der Waals surface area contributed by atoms with Crippen LogP contribution < -0.4 is 0 Å². The molecule has 0 bridgehead atoms. The van der Waals surface area contributed by atoms with Gasteiger partial charge in [0.15, 0.2) is 5.76 Å². The summed E-state index contributed by atoms with van der Waals surface area (Å²) in [7, 11) is 0. The first-order valence-corrected chi connectivity index (χ1v) is 5.33. The maximum Gasteiger partial charge on any atom is 0.174 e. The van der Waals surface area contributed by atoms with Crippen LogP contribution in [0.25, 0.3) is 22.2 Å². The lowest BCUT2D eigenvalue weighted by Gasteiger charge is -1.96. The molecule has 0 fully saturated rings. The molecule has 0 N–H and O–H groups in total. The van der Waals surface area contributed by atoms with E-state index < -0.39 is 0 Å². The number of rotatable bonds is 1. The second kappa shape index (κ2) is 3.65. The molecular formula is C13H8ClNO. The maximum atomic E-state index is 5.95. The van der Waals surface area contributed by atoms with Gasteiger partial charge in [0.25, 0.3) is 0 Å². The Morgan fingerprint density at radius 1 is 1.00 bits per heavy atom. The lowest BCUT2D eigenvalue weighted by molar-refractivity contribution is 0.441. The average molecular weight is 230 g/mol. The van der Waals surface area contributed by atoms with Gasteiger partial charge in [-0.05, 0) is 24.3 Å². The van der Waals surface area contributed by atoms with E-state index in [9.17, 15) is 0 Å². The van der Waals surface area contributed by atoms with Crippen molar-refractivity contribution in [1.29, 1.82) is 0 Å². The summed E-state index contributed by atoms with van der Waals surface area (Å²) in [5.41, 5.74) is 1.80. The van der Waals surface area contributed by atoms with Crippen LogP contribution in [-0.2, 0) is 0 Å². The third-order valence-corrected chi connectivity index (χ3v) is 2.71. The van der Waals surface area contributed by atoms with Gasteiger partial charge in [-0.3, -0.25) is 0 Å². The van der Waals surface area contributed by atoms with Crippen LogP contribution in [0, 0.1) is 0 Å². The molecule has 0 spiro atoms. The molecule has 0 aliphatic rings. The molecule has 2 aromatic carbocycles. The fourth-order valence-corrected chi connectivity index (χ4v) is 1.92. The first-order valence-electron chi connectivity index (χ1n) is 4.95. The number of hydrogen-bond acceptors (Lipinski definition) is 2. The molecule has 0 atom stereocenters. The zero-order valence-electron chi connectivity index (χ0n) is 8.35. The van der Waals surface area contributed by atoms with E-state index in [0.29, 0.717) is 5.02 Å². The molecular weight excluding hydrogens is 222 g/mol. The summed E-state index contributed by atoms with van der Waals surface area (Å²) in [5.74, 6) is 0.762. The van der Waals surface area contributed by atoms with E-state index in [-0.39, 0.29) is 0 Å². The summed E-state index contributed by atoms with van der Waals surface area (Å²) < 4.78 is 5.35. The first-order chi connectivity index (χ1) is 7.84. The van der Waals surface area contributed by atoms with Crippen molar-refractivity contribution < 1.29 is 4.52 Å². The van der Waals surface area contributed by atoms with Crippen molar-refractivity contribution in [2.75, 3.05) is 0 Å². The minimum Gasteiger partial charge on any atom is -0.355 e. The lowest BCUT2D eigenvalue weighted by Crippen LogP contribution is -1.74. The Labute approximate surface area is 97.4 Å². The Morgan fingerprint density at radius 3 is 2.75 bits per heavy atom. The number of fused-ring (bicyclic) bond motifs is 1. The van der Waals surface area contributed by atoms with Crippen LogP contribution in [0.15, 0.2) is 53.1 Å². The zero-order chi connectivity index (χ0) is 11.0.